The van der Waals surface area contributed by atoms with Crippen LogP contribution in [0.5, 0.6) is 0 Å². The number of rotatable bonds is 3. The van der Waals surface area contributed by atoms with Crippen molar-refractivity contribution in [3.8, 4) is 0 Å². The SMILES string of the molecule is O[C@H]1[CH]C[C@@H](n2ccc3c(N[C@H]4CCc5ccccc54)ncnc32)C1. The van der Waals surface area contributed by atoms with E-state index >= 15 is 0 Å². The number of benzene rings is 1. The number of aromatic nitrogens is 3. The van der Waals surface area contributed by atoms with Crippen LogP contribution in [0, 0.1) is 6.42 Å². The van der Waals surface area contributed by atoms with Gasteiger partial charge in [-0.3, -0.25) is 0 Å². The average molecular weight is 333 g/mol. The third kappa shape index (κ3) is 2.50. The lowest BCUT2D eigenvalue weighted by molar-refractivity contribution is 0.206. The normalized spacial score (nSPS) is 25.4. The number of aryl methyl sites for hydroxylation is 1. The molecule has 3 aromatic rings. The summed E-state index contributed by atoms with van der Waals surface area (Å²) in [6.07, 6.45) is 9.22. The molecule has 2 heterocycles. The van der Waals surface area contributed by atoms with Crippen molar-refractivity contribution >= 4 is 16.9 Å². The van der Waals surface area contributed by atoms with Crippen LogP contribution in [0.4, 0.5) is 5.82 Å². The number of nitrogens with one attached hydrogen (secondary N) is 1. The number of hydrogen-bond donors (Lipinski definition) is 2. The van der Waals surface area contributed by atoms with Gasteiger partial charge in [0.1, 0.15) is 17.8 Å². The molecule has 1 fully saturated rings. The van der Waals surface area contributed by atoms with Crippen molar-refractivity contribution < 1.29 is 5.11 Å². The second kappa shape index (κ2) is 5.85. The molecule has 2 N–H and O–H groups in total. The quantitative estimate of drug-likeness (QED) is 0.771. The fourth-order valence-corrected chi connectivity index (χ4v) is 4.27. The molecule has 5 heteroatoms. The van der Waals surface area contributed by atoms with Gasteiger partial charge in [0, 0.05) is 12.2 Å². The van der Waals surface area contributed by atoms with Crippen LogP contribution in [-0.2, 0) is 6.42 Å². The van der Waals surface area contributed by atoms with Gasteiger partial charge in [0.05, 0.1) is 17.5 Å². The van der Waals surface area contributed by atoms with Crippen molar-refractivity contribution in [3.05, 3.63) is 60.4 Å². The number of aliphatic hydroxyl groups is 1. The maximum Gasteiger partial charge on any atom is 0.145 e. The zero-order chi connectivity index (χ0) is 16.8. The fraction of sp³-hybridized carbons (Fsp3) is 0.350. The third-order valence-electron chi connectivity index (χ3n) is 5.54. The lowest BCUT2D eigenvalue weighted by Gasteiger charge is -2.16. The Morgan fingerprint density at radius 3 is 2.96 bits per heavy atom. The van der Waals surface area contributed by atoms with Crippen molar-refractivity contribution in [1.82, 2.24) is 14.5 Å². The van der Waals surface area contributed by atoms with E-state index in [1.165, 1.54) is 11.1 Å². The minimum atomic E-state index is -0.308. The van der Waals surface area contributed by atoms with Gasteiger partial charge in [-0.1, -0.05) is 24.3 Å². The molecule has 0 unspecified atom stereocenters. The molecule has 25 heavy (non-hydrogen) atoms. The minimum Gasteiger partial charge on any atom is -0.393 e. The van der Waals surface area contributed by atoms with E-state index in [-0.39, 0.29) is 12.1 Å². The summed E-state index contributed by atoms with van der Waals surface area (Å²) >= 11 is 0. The highest BCUT2D eigenvalue weighted by molar-refractivity contribution is 5.87. The fourth-order valence-electron chi connectivity index (χ4n) is 4.27. The van der Waals surface area contributed by atoms with Gasteiger partial charge >= 0.3 is 0 Å². The first kappa shape index (κ1) is 14.9. The second-order valence-electron chi connectivity index (χ2n) is 7.05. The van der Waals surface area contributed by atoms with Gasteiger partial charge in [0.2, 0.25) is 0 Å². The van der Waals surface area contributed by atoms with E-state index in [9.17, 15) is 5.11 Å². The number of fused-ring (bicyclic) bond motifs is 2. The summed E-state index contributed by atoms with van der Waals surface area (Å²) in [7, 11) is 0. The smallest absolute Gasteiger partial charge is 0.145 e. The van der Waals surface area contributed by atoms with Crippen LogP contribution in [0.15, 0.2) is 42.9 Å². The van der Waals surface area contributed by atoms with Crippen molar-refractivity contribution in [1.29, 1.82) is 0 Å². The summed E-state index contributed by atoms with van der Waals surface area (Å²) in [6, 6.07) is 11.3. The van der Waals surface area contributed by atoms with Gasteiger partial charge in [-0.2, -0.15) is 0 Å². The summed E-state index contributed by atoms with van der Waals surface area (Å²) in [4.78, 5) is 9.01. The van der Waals surface area contributed by atoms with Crippen molar-refractivity contribution in [3.63, 3.8) is 0 Å². The molecule has 2 aromatic heterocycles. The van der Waals surface area contributed by atoms with E-state index in [4.69, 9.17) is 0 Å². The van der Waals surface area contributed by atoms with E-state index < -0.39 is 0 Å². The van der Waals surface area contributed by atoms with Crippen molar-refractivity contribution in [2.75, 3.05) is 5.32 Å². The maximum atomic E-state index is 9.79. The topological polar surface area (TPSA) is 63.0 Å². The molecule has 0 bridgehead atoms. The second-order valence-corrected chi connectivity index (χ2v) is 7.05. The molecule has 0 aliphatic heterocycles. The Bertz CT molecular complexity index is 919. The molecule has 1 radical (unpaired) electrons. The molecule has 127 valence electrons. The molecule has 2 aliphatic rings. The first-order chi connectivity index (χ1) is 12.3. The summed E-state index contributed by atoms with van der Waals surface area (Å²) < 4.78 is 2.18. The predicted molar refractivity (Wildman–Crippen MR) is 97.2 cm³/mol. The summed E-state index contributed by atoms with van der Waals surface area (Å²) in [5, 5.41) is 14.5. The van der Waals surface area contributed by atoms with Gasteiger partial charge < -0.3 is 15.0 Å². The molecular weight excluding hydrogens is 312 g/mol. The number of hydrogen-bond acceptors (Lipinski definition) is 4. The Kier molecular flexibility index (Phi) is 3.48. The van der Waals surface area contributed by atoms with E-state index in [0.29, 0.717) is 6.04 Å². The van der Waals surface area contributed by atoms with Crippen molar-refractivity contribution in [2.45, 2.75) is 43.9 Å². The highest BCUT2D eigenvalue weighted by Gasteiger charge is 2.27. The Morgan fingerprint density at radius 1 is 1.16 bits per heavy atom. The first-order valence-electron chi connectivity index (χ1n) is 8.97. The maximum absolute atomic E-state index is 9.79. The Morgan fingerprint density at radius 2 is 2.08 bits per heavy atom. The molecule has 5 rings (SSSR count). The van der Waals surface area contributed by atoms with Crippen LogP contribution in [-0.4, -0.2) is 25.7 Å². The van der Waals surface area contributed by atoms with Gasteiger partial charge in [0.25, 0.3) is 0 Å². The first-order valence-corrected chi connectivity index (χ1v) is 8.97. The molecule has 1 aromatic carbocycles. The predicted octanol–water partition coefficient (Wildman–Crippen LogP) is 3.43. The molecule has 3 atom stereocenters. The van der Waals surface area contributed by atoms with Crippen LogP contribution in [0.3, 0.4) is 0 Å². The van der Waals surface area contributed by atoms with E-state index in [0.717, 1.165) is 42.5 Å². The molecule has 2 aliphatic carbocycles. The molecular formula is C20H21N4O. The zero-order valence-electron chi connectivity index (χ0n) is 14.0. The van der Waals surface area contributed by atoms with E-state index in [1.807, 2.05) is 6.42 Å². The molecule has 0 spiro atoms. The van der Waals surface area contributed by atoms with Crippen LogP contribution in [0.2, 0.25) is 0 Å². The third-order valence-corrected chi connectivity index (χ3v) is 5.54. The van der Waals surface area contributed by atoms with Gasteiger partial charge in [0.15, 0.2) is 0 Å². The Hall–Kier alpha value is -2.40. The summed E-state index contributed by atoms with van der Waals surface area (Å²) in [5.74, 6) is 0.896. The van der Waals surface area contributed by atoms with Crippen LogP contribution < -0.4 is 5.32 Å². The van der Waals surface area contributed by atoms with E-state index in [2.05, 4.69) is 56.4 Å². The Labute approximate surface area is 146 Å². The van der Waals surface area contributed by atoms with E-state index in [1.54, 1.807) is 6.33 Å². The molecule has 0 amide bonds. The number of anilines is 1. The number of aliphatic hydroxyl groups excluding tert-OH is 1. The van der Waals surface area contributed by atoms with Gasteiger partial charge in [-0.05, 0) is 49.3 Å². The van der Waals surface area contributed by atoms with Crippen LogP contribution in [0.25, 0.3) is 11.0 Å². The lowest BCUT2D eigenvalue weighted by Crippen LogP contribution is -2.10. The minimum absolute atomic E-state index is 0.280. The molecule has 5 nitrogen and oxygen atoms in total. The summed E-state index contributed by atoms with van der Waals surface area (Å²) in [6.45, 7) is 0. The zero-order valence-corrected chi connectivity index (χ0v) is 14.0. The average Bonchev–Trinajstić information content (AvgIpc) is 3.34. The summed E-state index contributed by atoms with van der Waals surface area (Å²) in [5.41, 5.74) is 3.75. The monoisotopic (exact) mass is 333 g/mol. The highest BCUT2D eigenvalue weighted by Crippen LogP contribution is 2.36. The number of nitrogens with zero attached hydrogens (tertiary/aromatic N) is 3. The van der Waals surface area contributed by atoms with Gasteiger partial charge in [-0.25, -0.2) is 9.97 Å². The van der Waals surface area contributed by atoms with Crippen LogP contribution >= 0.6 is 0 Å². The largest absolute Gasteiger partial charge is 0.393 e. The Balaban J connectivity index is 1.48. The lowest BCUT2D eigenvalue weighted by atomic mass is 10.1. The molecule has 1 saturated carbocycles. The highest BCUT2D eigenvalue weighted by atomic mass is 16.3. The molecule has 0 saturated heterocycles. The van der Waals surface area contributed by atoms with Crippen LogP contribution in [0.1, 0.15) is 42.5 Å². The van der Waals surface area contributed by atoms with Crippen molar-refractivity contribution in [2.24, 2.45) is 0 Å². The van der Waals surface area contributed by atoms with Gasteiger partial charge in [-0.15, -0.1) is 0 Å². The standard InChI is InChI=1S/C20H21N4O/c25-15-7-6-14(11-15)24-10-9-17-19(21-12-22-20(17)24)23-18-8-5-13-3-1-2-4-16(13)18/h1-4,7,9-10,12,14-15,18,25H,5-6,8,11H2,(H,21,22,23)/t14-,15+,18+/m1/s1.